The first-order valence-electron chi connectivity index (χ1n) is 10.5. The summed E-state index contributed by atoms with van der Waals surface area (Å²) in [6, 6.07) is 19.7. The highest BCUT2D eigenvalue weighted by molar-refractivity contribution is 5.94. The quantitative estimate of drug-likeness (QED) is 0.398. The lowest BCUT2D eigenvalue weighted by Crippen LogP contribution is -2.29. The molecule has 3 aromatic carbocycles. The fourth-order valence-corrected chi connectivity index (χ4v) is 3.90. The van der Waals surface area contributed by atoms with Crippen molar-refractivity contribution in [2.75, 3.05) is 20.3 Å². The van der Waals surface area contributed by atoms with Crippen molar-refractivity contribution < 1.29 is 18.7 Å². The maximum atomic E-state index is 14.1. The highest BCUT2D eigenvalue weighted by atomic mass is 19.1. The van der Waals surface area contributed by atoms with Crippen molar-refractivity contribution in [3.05, 3.63) is 95.4 Å². The Kier molecular flexibility index (Phi) is 6.40. The number of methoxy groups -OCH3 is 1. The van der Waals surface area contributed by atoms with Crippen molar-refractivity contribution in [2.24, 2.45) is 0 Å². The minimum atomic E-state index is -0.545. The second-order valence-corrected chi connectivity index (χ2v) is 7.38. The summed E-state index contributed by atoms with van der Waals surface area (Å²) >= 11 is 0. The van der Waals surface area contributed by atoms with Crippen LogP contribution in [0.15, 0.2) is 72.9 Å². The molecule has 1 heterocycles. The fourth-order valence-electron chi connectivity index (χ4n) is 3.90. The van der Waals surface area contributed by atoms with E-state index in [0.29, 0.717) is 18.1 Å². The first-order valence-corrected chi connectivity index (χ1v) is 10.5. The van der Waals surface area contributed by atoms with Crippen LogP contribution in [0.1, 0.15) is 34.3 Å². The van der Waals surface area contributed by atoms with Gasteiger partial charge in [0.25, 0.3) is 5.91 Å². The molecular weight excluding hydrogens is 407 g/mol. The minimum Gasteiger partial charge on any atom is -0.493 e. The van der Waals surface area contributed by atoms with Gasteiger partial charge in [0.05, 0.1) is 19.3 Å². The second kappa shape index (κ2) is 9.56. The molecule has 1 amide bonds. The topological polar surface area (TPSA) is 63.3 Å². The lowest BCUT2D eigenvalue weighted by Gasteiger charge is -2.20. The smallest absolute Gasteiger partial charge is 0.254 e. The lowest BCUT2D eigenvalue weighted by molar-refractivity contribution is 0.0948. The van der Waals surface area contributed by atoms with E-state index in [2.05, 4.69) is 10.3 Å². The number of ether oxygens (including phenoxy) is 2. The molecule has 5 nitrogen and oxygen atoms in total. The SMILES string of the molecule is CCOc1ccc(C(CNC(=O)c2ccccc2F)c2c[nH]c3ccccc23)cc1OC. The van der Waals surface area contributed by atoms with Crippen LogP contribution in [0.25, 0.3) is 10.9 Å². The number of H-pyrrole nitrogens is 1. The molecule has 0 aliphatic heterocycles. The zero-order chi connectivity index (χ0) is 22.5. The maximum Gasteiger partial charge on any atom is 0.254 e. The third-order valence-corrected chi connectivity index (χ3v) is 5.47. The fraction of sp³-hybridized carbons (Fsp3) is 0.192. The number of halogens is 1. The highest BCUT2D eigenvalue weighted by Crippen LogP contribution is 2.36. The van der Waals surface area contributed by atoms with Crippen molar-refractivity contribution in [2.45, 2.75) is 12.8 Å². The van der Waals surface area contributed by atoms with Crippen molar-refractivity contribution in [3.63, 3.8) is 0 Å². The molecule has 4 rings (SSSR count). The summed E-state index contributed by atoms with van der Waals surface area (Å²) in [5.74, 6) is 0.0927. The van der Waals surface area contributed by atoms with E-state index in [4.69, 9.17) is 9.47 Å². The monoisotopic (exact) mass is 432 g/mol. The normalized spacial score (nSPS) is 11.8. The van der Waals surface area contributed by atoms with Crippen LogP contribution in [0.4, 0.5) is 4.39 Å². The number of hydrogen-bond acceptors (Lipinski definition) is 3. The number of amides is 1. The molecule has 0 radical (unpaired) electrons. The van der Waals surface area contributed by atoms with Gasteiger partial charge in [0.2, 0.25) is 0 Å². The van der Waals surface area contributed by atoms with Crippen LogP contribution in [-0.2, 0) is 0 Å². The Morgan fingerprint density at radius 2 is 1.84 bits per heavy atom. The second-order valence-electron chi connectivity index (χ2n) is 7.38. The van der Waals surface area contributed by atoms with Crippen molar-refractivity contribution in [1.29, 1.82) is 0 Å². The molecule has 1 unspecified atom stereocenters. The standard InChI is InChI=1S/C26H25FN2O3/c1-3-32-24-13-12-17(14-25(24)31-2)20(21-16-28-23-11-7-5-8-18(21)23)15-29-26(30)19-9-4-6-10-22(19)27/h4-14,16,20,28H,3,15H2,1-2H3,(H,29,30). The van der Waals surface area contributed by atoms with Crippen LogP contribution in [0, 0.1) is 5.82 Å². The first kappa shape index (κ1) is 21.4. The average Bonchev–Trinajstić information content (AvgIpc) is 3.24. The van der Waals surface area contributed by atoms with Gasteiger partial charge in [0, 0.05) is 29.6 Å². The molecule has 164 valence electrons. The zero-order valence-electron chi connectivity index (χ0n) is 18.0. The molecule has 6 heteroatoms. The molecular formula is C26H25FN2O3. The van der Waals surface area contributed by atoms with Gasteiger partial charge >= 0.3 is 0 Å². The number of nitrogens with one attached hydrogen (secondary N) is 2. The number of benzene rings is 3. The molecule has 0 fully saturated rings. The molecule has 0 spiro atoms. The van der Waals surface area contributed by atoms with Gasteiger partial charge in [-0.05, 0) is 48.4 Å². The number of aromatic nitrogens is 1. The van der Waals surface area contributed by atoms with E-state index in [1.165, 1.54) is 12.1 Å². The molecule has 0 saturated carbocycles. The van der Waals surface area contributed by atoms with Crippen LogP contribution < -0.4 is 14.8 Å². The molecule has 0 bridgehead atoms. The molecule has 32 heavy (non-hydrogen) atoms. The first-order chi connectivity index (χ1) is 15.6. The third-order valence-electron chi connectivity index (χ3n) is 5.47. The maximum absolute atomic E-state index is 14.1. The summed E-state index contributed by atoms with van der Waals surface area (Å²) in [5.41, 5.74) is 3.00. The Labute approximate surface area is 186 Å². The molecule has 1 atom stereocenters. The Bertz CT molecular complexity index is 1230. The number of rotatable bonds is 8. The number of aromatic amines is 1. The number of carbonyl (C=O) groups is 1. The summed E-state index contributed by atoms with van der Waals surface area (Å²) < 4.78 is 25.3. The lowest BCUT2D eigenvalue weighted by atomic mass is 9.90. The third kappa shape index (κ3) is 4.30. The van der Waals surface area contributed by atoms with Crippen molar-refractivity contribution in [3.8, 4) is 11.5 Å². The predicted octanol–water partition coefficient (Wildman–Crippen LogP) is 5.28. The summed E-state index contributed by atoms with van der Waals surface area (Å²) in [6.07, 6.45) is 1.95. The Morgan fingerprint density at radius 1 is 1.06 bits per heavy atom. The van der Waals surface area contributed by atoms with Crippen molar-refractivity contribution in [1.82, 2.24) is 10.3 Å². The van der Waals surface area contributed by atoms with Gasteiger partial charge in [0.15, 0.2) is 11.5 Å². The van der Waals surface area contributed by atoms with Gasteiger partial charge in [-0.15, -0.1) is 0 Å². The van der Waals surface area contributed by atoms with Crippen LogP contribution >= 0.6 is 0 Å². The van der Waals surface area contributed by atoms with Crippen LogP contribution in [0.5, 0.6) is 11.5 Å². The summed E-state index contributed by atoms with van der Waals surface area (Å²) in [5, 5.41) is 3.96. The predicted molar refractivity (Wildman–Crippen MR) is 123 cm³/mol. The Morgan fingerprint density at radius 3 is 2.62 bits per heavy atom. The number of carbonyl (C=O) groups excluding carboxylic acids is 1. The van der Waals surface area contributed by atoms with E-state index < -0.39 is 11.7 Å². The van der Waals surface area contributed by atoms with Gasteiger partial charge in [0.1, 0.15) is 5.82 Å². The Hall–Kier alpha value is -3.80. The van der Waals surface area contributed by atoms with E-state index in [1.807, 2.05) is 55.6 Å². The molecule has 0 saturated heterocycles. The highest BCUT2D eigenvalue weighted by Gasteiger charge is 2.22. The number of para-hydroxylation sites is 1. The van der Waals surface area contributed by atoms with Crippen LogP contribution in [0.2, 0.25) is 0 Å². The number of fused-ring (bicyclic) bond motifs is 1. The largest absolute Gasteiger partial charge is 0.493 e. The van der Waals surface area contributed by atoms with E-state index >= 15 is 0 Å². The van der Waals surface area contributed by atoms with E-state index in [1.54, 1.807) is 19.2 Å². The van der Waals surface area contributed by atoms with E-state index in [0.717, 1.165) is 22.0 Å². The van der Waals surface area contributed by atoms with E-state index in [-0.39, 0.29) is 18.0 Å². The van der Waals surface area contributed by atoms with Crippen LogP contribution in [0.3, 0.4) is 0 Å². The van der Waals surface area contributed by atoms with Gasteiger partial charge in [-0.3, -0.25) is 4.79 Å². The number of hydrogen-bond donors (Lipinski definition) is 2. The van der Waals surface area contributed by atoms with Gasteiger partial charge in [-0.2, -0.15) is 0 Å². The molecule has 4 aromatic rings. The average molecular weight is 432 g/mol. The van der Waals surface area contributed by atoms with Crippen LogP contribution in [-0.4, -0.2) is 31.2 Å². The minimum absolute atomic E-state index is 0.0226. The van der Waals surface area contributed by atoms with E-state index in [9.17, 15) is 9.18 Å². The van der Waals surface area contributed by atoms with Gasteiger partial charge in [-0.1, -0.05) is 36.4 Å². The van der Waals surface area contributed by atoms with Gasteiger partial charge in [-0.25, -0.2) is 4.39 Å². The summed E-state index contributed by atoms with van der Waals surface area (Å²) in [6.45, 7) is 2.73. The van der Waals surface area contributed by atoms with Gasteiger partial charge < -0.3 is 19.8 Å². The molecule has 1 aromatic heterocycles. The molecule has 0 aliphatic carbocycles. The Balaban J connectivity index is 1.71. The molecule has 2 N–H and O–H groups in total. The zero-order valence-corrected chi connectivity index (χ0v) is 18.0. The molecule has 0 aliphatic rings. The summed E-state index contributed by atoms with van der Waals surface area (Å²) in [7, 11) is 1.60. The van der Waals surface area contributed by atoms with Crippen molar-refractivity contribution >= 4 is 16.8 Å². The summed E-state index contributed by atoms with van der Waals surface area (Å²) in [4.78, 5) is 16.0.